The molecule has 1 aromatic rings. The highest BCUT2D eigenvalue weighted by atomic mass is 14.9. The number of hydrogen-bond donors (Lipinski definition) is 2. The molecule has 1 rings (SSSR count). The number of nitrogens with one attached hydrogen (secondary N) is 2. The second-order valence-corrected chi connectivity index (χ2v) is 1.76. The Labute approximate surface area is 54.6 Å². The summed E-state index contributed by atoms with van der Waals surface area (Å²) in [6.45, 7) is 3.64. The standard InChI is InChI=1S/C7H10N2/c1-3-6-7(8-2)4-5-9-6/h3-5,8-9H,1H2,2H3. The predicted molar refractivity (Wildman–Crippen MR) is 40.4 cm³/mol. The Bertz CT molecular complexity index is 200. The van der Waals surface area contributed by atoms with E-state index in [0.29, 0.717) is 0 Å². The third-order valence-electron chi connectivity index (χ3n) is 1.25. The molecular weight excluding hydrogens is 112 g/mol. The van der Waals surface area contributed by atoms with Gasteiger partial charge in [-0.05, 0) is 12.1 Å². The summed E-state index contributed by atoms with van der Waals surface area (Å²) in [5, 5.41) is 3.02. The number of rotatable bonds is 2. The molecule has 0 aliphatic heterocycles. The van der Waals surface area contributed by atoms with Gasteiger partial charge in [0.15, 0.2) is 0 Å². The first-order valence-electron chi connectivity index (χ1n) is 2.86. The van der Waals surface area contributed by atoms with E-state index in [1.54, 1.807) is 6.08 Å². The van der Waals surface area contributed by atoms with Crippen molar-refractivity contribution in [2.45, 2.75) is 0 Å². The molecule has 1 aromatic heterocycles. The molecule has 2 nitrogen and oxygen atoms in total. The topological polar surface area (TPSA) is 27.8 Å². The van der Waals surface area contributed by atoms with Gasteiger partial charge < -0.3 is 10.3 Å². The van der Waals surface area contributed by atoms with Crippen molar-refractivity contribution < 1.29 is 0 Å². The molecule has 0 aliphatic carbocycles. The molecule has 0 aliphatic rings. The summed E-state index contributed by atoms with van der Waals surface area (Å²) in [4.78, 5) is 3.03. The fraction of sp³-hybridized carbons (Fsp3) is 0.143. The summed E-state index contributed by atoms with van der Waals surface area (Å²) < 4.78 is 0. The van der Waals surface area contributed by atoms with Crippen molar-refractivity contribution in [3.8, 4) is 0 Å². The first-order chi connectivity index (χ1) is 4.38. The van der Waals surface area contributed by atoms with Crippen molar-refractivity contribution in [2.75, 3.05) is 12.4 Å². The van der Waals surface area contributed by atoms with Gasteiger partial charge in [-0.3, -0.25) is 0 Å². The molecule has 2 N–H and O–H groups in total. The molecule has 0 bridgehead atoms. The summed E-state index contributed by atoms with van der Waals surface area (Å²) in [5.41, 5.74) is 2.13. The Hall–Kier alpha value is -1.18. The van der Waals surface area contributed by atoms with Crippen molar-refractivity contribution >= 4 is 11.8 Å². The zero-order valence-electron chi connectivity index (χ0n) is 5.44. The van der Waals surface area contributed by atoms with E-state index in [9.17, 15) is 0 Å². The molecule has 0 aromatic carbocycles. The predicted octanol–water partition coefficient (Wildman–Crippen LogP) is 1.70. The van der Waals surface area contributed by atoms with Gasteiger partial charge in [0, 0.05) is 13.2 Å². The van der Waals surface area contributed by atoms with Crippen molar-refractivity contribution in [2.24, 2.45) is 0 Å². The molecule has 48 valence electrons. The van der Waals surface area contributed by atoms with Crippen LogP contribution in [0.25, 0.3) is 6.08 Å². The van der Waals surface area contributed by atoms with Crippen LogP contribution in [-0.4, -0.2) is 12.0 Å². The number of anilines is 1. The Balaban J connectivity index is 2.98. The molecule has 0 atom stereocenters. The van der Waals surface area contributed by atoms with Crippen molar-refractivity contribution in [1.82, 2.24) is 4.98 Å². The van der Waals surface area contributed by atoms with Crippen LogP contribution in [0.1, 0.15) is 5.69 Å². The van der Waals surface area contributed by atoms with E-state index >= 15 is 0 Å². The monoisotopic (exact) mass is 122 g/mol. The van der Waals surface area contributed by atoms with Crippen LogP contribution in [0, 0.1) is 0 Å². The number of aromatic amines is 1. The maximum Gasteiger partial charge on any atom is 0.0610 e. The van der Waals surface area contributed by atoms with Gasteiger partial charge in [0.25, 0.3) is 0 Å². The SMILES string of the molecule is C=Cc1[nH]ccc1NC. The van der Waals surface area contributed by atoms with E-state index in [0.717, 1.165) is 11.4 Å². The normalized spacial score (nSPS) is 9.00. The fourth-order valence-corrected chi connectivity index (χ4v) is 0.769. The maximum atomic E-state index is 3.64. The molecule has 0 radical (unpaired) electrons. The van der Waals surface area contributed by atoms with E-state index in [4.69, 9.17) is 0 Å². The maximum absolute atomic E-state index is 3.64. The van der Waals surface area contributed by atoms with Crippen LogP contribution >= 0.6 is 0 Å². The van der Waals surface area contributed by atoms with Gasteiger partial charge >= 0.3 is 0 Å². The van der Waals surface area contributed by atoms with Crippen molar-refractivity contribution in [1.29, 1.82) is 0 Å². The van der Waals surface area contributed by atoms with E-state index in [1.807, 2.05) is 19.3 Å². The molecule has 0 fully saturated rings. The van der Waals surface area contributed by atoms with Crippen LogP contribution in [-0.2, 0) is 0 Å². The van der Waals surface area contributed by atoms with Crippen LogP contribution in [0.4, 0.5) is 5.69 Å². The first-order valence-corrected chi connectivity index (χ1v) is 2.86. The van der Waals surface area contributed by atoms with Gasteiger partial charge in [-0.25, -0.2) is 0 Å². The molecule has 0 unspecified atom stereocenters. The van der Waals surface area contributed by atoms with E-state index in [1.165, 1.54) is 0 Å². The molecule has 0 saturated heterocycles. The second-order valence-electron chi connectivity index (χ2n) is 1.76. The Morgan fingerprint density at radius 1 is 1.78 bits per heavy atom. The lowest BCUT2D eigenvalue weighted by Gasteiger charge is -1.94. The van der Waals surface area contributed by atoms with Gasteiger partial charge in [-0.15, -0.1) is 0 Å². The number of aromatic nitrogens is 1. The fourth-order valence-electron chi connectivity index (χ4n) is 0.769. The summed E-state index contributed by atoms with van der Waals surface area (Å²) in [7, 11) is 1.89. The highest BCUT2D eigenvalue weighted by molar-refractivity contribution is 5.62. The third kappa shape index (κ3) is 0.964. The minimum atomic E-state index is 1.04. The van der Waals surface area contributed by atoms with Gasteiger partial charge in [-0.2, -0.15) is 0 Å². The number of hydrogen-bond acceptors (Lipinski definition) is 1. The zero-order chi connectivity index (χ0) is 6.69. The van der Waals surface area contributed by atoms with E-state index in [2.05, 4.69) is 16.9 Å². The summed E-state index contributed by atoms with van der Waals surface area (Å²) in [5.74, 6) is 0. The third-order valence-corrected chi connectivity index (χ3v) is 1.25. The lowest BCUT2D eigenvalue weighted by molar-refractivity contribution is 1.37. The van der Waals surface area contributed by atoms with E-state index in [-0.39, 0.29) is 0 Å². The lowest BCUT2D eigenvalue weighted by atomic mass is 10.3. The molecule has 9 heavy (non-hydrogen) atoms. The van der Waals surface area contributed by atoms with Crippen LogP contribution in [0.15, 0.2) is 18.8 Å². The Kier molecular flexibility index (Phi) is 1.58. The largest absolute Gasteiger partial charge is 0.386 e. The minimum absolute atomic E-state index is 1.04. The van der Waals surface area contributed by atoms with Crippen LogP contribution < -0.4 is 5.32 Å². The lowest BCUT2D eigenvalue weighted by Crippen LogP contribution is -1.86. The smallest absolute Gasteiger partial charge is 0.0610 e. The average molecular weight is 122 g/mol. The quantitative estimate of drug-likeness (QED) is 0.614. The van der Waals surface area contributed by atoms with Gasteiger partial charge in [0.1, 0.15) is 0 Å². The number of H-pyrrole nitrogens is 1. The van der Waals surface area contributed by atoms with Gasteiger partial charge in [-0.1, -0.05) is 6.58 Å². The average Bonchev–Trinajstić information content (AvgIpc) is 2.33. The molecule has 0 spiro atoms. The Morgan fingerprint density at radius 3 is 3.00 bits per heavy atom. The first kappa shape index (κ1) is 5.95. The van der Waals surface area contributed by atoms with Crippen LogP contribution in [0.5, 0.6) is 0 Å². The highest BCUT2D eigenvalue weighted by Gasteiger charge is 1.93. The van der Waals surface area contributed by atoms with E-state index < -0.39 is 0 Å². The van der Waals surface area contributed by atoms with Crippen LogP contribution in [0.2, 0.25) is 0 Å². The van der Waals surface area contributed by atoms with Gasteiger partial charge in [0.05, 0.1) is 11.4 Å². The molecule has 2 heteroatoms. The van der Waals surface area contributed by atoms with Crippen molar-refractivity contribution in [3.63, 3.8) is 0 Å². The zero-order valence-corrected chi connectivity index (χ0v) is 5.44. The van der Waals surface area contributed by atoms with Crippen molar-refractivity contribution in [3.05, 3.63) is 24.5 Å². The summed E-state index contributed by atoms with van der Waals surface area (Å²) >= 11 is 0. The molecule has 0 amide bonds. The van der Waals surface area contributed by atoms with Gasteiger partial charge in [0.2, 0.25) is 0 Å². The Morgan fingerprint density at radius 2 is 2.56 bits per heavy atom. The molecular formula is C7H10N2. The summed E-state index contributed by atoms with van der Waals surface area (Å²) in [6, 6.07) is 1.97. The highest BCUT2D eigenvalue weighted by Crippen LogP contribution is 2.12. The molecule has 0 saturated carbocycles. The minimum Gasteiger partial charge on any atom is -0.386 e. The second kappa shape index (κ2) is 2.40. The molecule has 1 heterocycles. The summed E-state index contributed by atoms with van der Waals surface area (Å²) in [6.07, 6.45) is 3.66. The van der Waals surface area contributed by atoms with Crippen LogP contribution in [0.3, 0.4) is 0 Å².